The first-order chi connectivity index (χ1) is 9.17. The van der Waals surface area contributed by atoms with Crippen LogP contribution in [0.2, 0.25) is 0 Å². The van der Waals surface area contributed by atoms with Gasteiger partial charge in [-0.15, -0.1) is 0 Å². The number of rotatable bonds is 9. The first-order valence-corrected chi connectivity index (χ1v) is 9.76. The predicted molar refractivity (Wildman–Crippen MR) is 89.9 cm³/mol. The van der Waals surface area contributed by atoms with E-state index in [1.165, 1.54) is 57.4 Å². The molecule has 0 saturated heterocycles. The molecule has 1 saturated carbocycles. The van der Waals surface area contributed by atoms with Crippen molar-refractivity contribution in [3.8, 4) is 0 Å². The standard InChI is InChI=1S/C17H35NS/c1-5-6-15-7-8-17(13-18-12-14(2)3)16(11-15)9-10-19-4/h14-18H,5-13H2,1-4H3. The number of hydrogen-bond donors (Lipinski definition) is 1. The molecule has 0 aromatic carbocycles. The van der Waals surface area contributed by atoms with E-state index in [2.05, 4.69) is 32.3 Å². The van der Waals surface area contributed by atoms with Gasteiger partial charge in [-0.1, -0.05) is 40.0 Å². The van der Waals surface area contributed by atoms with Gasteiger partial charge in [-0.25, -0.2) is 0 Å². The summed E-state index contributed by atoms with van der Waals surface area (Å²) in [6.45, 7) is 9.39. The van der Waals surface area contributed by atoms with E-state index in [0.29, 0.717) is 0 Å². The highest BCUT2D eigenvalue weighted by Crippen LogP contribution is 2.38. The summed E-state index contributed by atoms with van der Waals surface area (Å²) in [5.41, 5.74) is 0. The zero-order valence-corrected chi connectivity index (χ0v) is 14.4. The zero-order valence-electron chi connectivity index (χ0n) is 13.6. The van der Waals surface area contributed by atoms with E-state index < -0.39 is 0 Å². The molecule has 0 amide bonds. The molecule has 1 nitrogen and oxygen atoms in total. The van der Waals surface area contributed by atoms with Gasteiger partial charge in [-0.05, 0) is 68.0 Å². The van der Waals surface area contributed by atoms with Gasteiger partial charge in [0.1, 0.15) is 0 Å². The van der Waals surface area contributed by atoms with Crippen LogP contribution in [0.25, 0.3) is 0 Å². The molecule has 114 valence electrons. The molecule has 0 aromatic rings. The Bertz CT molecular complexity index is 217. The monoisotopic (exact) mass is 285 g/mol. The van der Waals surface area contributed by atoms with Crippen LogP contribution in [-0.4, -0.2) is 25.1 Å². The minimum Gasteiger partial charge on any atom is -0.316 e. The van der Waals surface area contributed by atoms with Gasteiger partial charge >= 0.3 is 0 Å². The maximum atomic E-state index is 3.70. The summed E-state index contributed by atoms with van der Waals surface area (Å²) < 4.78 is 0. The highest BCUT2D eigenvalue weighted by Gasteiger charge is 2.29. The van der Waals surface area contributed by atoms with Gasteiger partial charge in [0.05, 0.1) is 0 Å². The molecule has 0 spiro atoms. The molecule has 19 heavy (non-hydrogen) atoms. The molecule has 0 bridgehead atoms. The highest BCUT2D eigenvalue weighted by atomic mass is 32.2. The number of hydrogen-bond acceptors (Lipinski definition) is 2. The van der Waals surface area contributed by atoms with Gasteiger partial charge in [-0.3, -0.25) is 0 Å². The van der Waals surface area contributed by atoms with E-state index in [1.54, 1.807) is 0 Å². The molecule has 0 aromatic heterocycles. The average molecular weight is 286 g/mol. The van der Waals surface area contributed by atoms with Gasteiger partial charge in [0.25, 0.3) is 0 Å². The van der Waals surface area contributed by atoms with E-state index in [0.717, 1.165) is 23.7 Å². The van der Waals surface area contributed by atoms with E-state index in [1.807, 2.05) is 11.8 Å². The summed E-state index contributed by atoms with van der Waals surface area (Å²) in [6.07, 6.45) is 11.0. The molecule has 0 heterocycles. The first-order valence-electron chi connectivity index (χ1n) is 8.37. The van der Waals surface area contributed by atoms with Crippen molar-refractivity contribution in [2.45, 2.75) is 59.3 Å². The lowest BCUT2D eigenvalue weighted by Gasteiger charge is -2.36. The molecule has 3 unspecified atom stereocenters. The van der Waals surface area contributed by atoms with Gasteiger partial charge in [0.2, 0.25) is 0 Å². The topological polar surface area (TPSA) is 12.0 Å². The third kappa shape index (κ3) is 7.04. The van der Waals surface area contributed by atoms with Crippen LogP contribution < -0.4 is 5.32 Å². The minimum atomic E-state index is 0.779. The normalized spacial score (nSPS) is 27.9. The lowest BCUT2D eigenvalue weighted by atomic mass is 9.71. The van der Waals surface area contributed by atoms with Crippen molar-refractivity contribution in [2.75, 3.05) is 25.1 Å². The Morgan fingerprint density at radius 3 is 2.58 bits per heavy atom. The average Bonchev–Trinajstić information content (AvgIpc) is 2.38. The summed E-state index contributed by atoms with van der Waals surface area (Å²) in [7, 11) is 0. The van der Waals surface area contributed by atoms with Crippen LogP contribution in [0.4, 0.5) is 0 Å². The molecule has 2 heteroatoms. The molecular weight excluding hydrogens is 250 g/mol. The Balaban J connectivity index is 2.38. The maximum Gasteiger partial charge on any atom is -0.00177 e. The molecule has 0 radical (unpaired) electrons. The van der Waals surface area contributed by atoms with Crippen molar-refractivity contribution in [3.05, 3.63) is 0 Å². The summed E-state index contributed by atoms with van der Waals surface area (Å²) in [6, 6.07) is 0. The lowest BCUT2D eigenvalue weighted by Crippen LogP contribution is -2.34. The van der Waals surface area contributed by atoms with Gasteiger partial charge in [0.15, 0.2) is 0 Å². The third-order valence-electron chi connectivity index (χ3n) is 4.60. The smallest absolute Gasteiger partial charge is 0.00177 e. The number of thioether (sulfide) groups is 1. The summed E-state index contributed by atoms with van der Waals surface area (Å²) in [5, 5.41) is 3.70. The maximum absolute atomic E-state index is 3.70. The van der Waals surface area contributed by atoms with E-state index in [9.17, 15) is 0 Å². The highest BCUT2D eigenvalue weighted by molar-refractivity contribution is 7.98. The van der Waals surface area contributed by atoms with E-state index in [4.69, 9.17) is 0 Å². The Morgan fingerprint density at radius 2 is 1.95 bits per heavy atom. The van der Waals surface area contributed by atoms with Crippen molar-refractivity contribution >= 4 is 11.8 Å². The van der Waals surface area contributed by atoms with Crippen molar-refractivity contribution < 1.29 is 0 Å². The fourth-order valence-electron chi connectivity index (χ4n) is 3.54. The Hall–Kier alpha value is 0.310. The van der Waals surface area contributed by atoms with E-state index in [-0.39, 0.29) is 0 Å². The quantitative estimate of drug-likeness (QED) is 0.652. The van der Waals surface area contributed by atoms with Crippen molar-refractivity contribution in [2.24, 2.45) is 23.7 Å². The van der Waals surface area contributed by atoms with Crippen LogP contribution >= 0.6 is 11.8 Å². The molecule has 0 aliphatic heterocycles. The van der Waals surface area contributed by atoms with Crippen LogP contribution in [0, 0.1) is 23.7 Å². The largest absolute Gasteiger partial charge is 0.316 e. The molecule has 1 fully saturated rings. The van der Waals surface area contributed by atoms with Crippen molar-refractivity contribution in [1.82, 2.24) is 5.32 Å². The molecule has 1 aliphatic rings. The third-order valence-corrected chi connectivity index (χ3v) is 5.24. The van der Waals surface area contributed by atoms with Crippen LogP contribution in [0.5, 0.6) is 0 Å². The van der Waals surface area contributed by atoms with Crippen molar-refractivity contribution in [1.29, 1.82) is 0 Å². The fraction of sp³-hybridized carbons (Fsp3) is 1.00. The van der Waals surface area contributed by atoms with Crippen LogP contribution in [-0.2, 0) is 0 Å². The summed E-state index contributed by atoms with van der Waals surface area (Å²) in [4.78, 5) is 0. The summed E-state index contributed by atoms with van der Waals surface area (Å²) in [5.74, 6) is 5.08. The van der Waals surface area contributed by atoms with Crippen LogP contribution in [0.3, 0.4) is 0 Å². The molecule has 3 atom stereocenters. The fourth-order valence-corrected chi connectivity index (χ4v) is 4.08. The van der Waals surface area contributed by atoms with Gasteiger partial charge < -0.3 is 5.32 Å². The van der Waals surface area contributed by atoms with Crippen molar-refractivity contribution in [3.63, 3.8) is 0 Å². The predicted octanol–water partition coefficient (Wildman–Crippen LogP) is 4.82. The number of nitrogens with one attached hydrogen (secondary N) is 1. The minimum absolute atomic E-state index is 0.779. The van der Waals surface area contributed by atoms with E-state index >= 15 is 0 Å². The van der Waals surface area contributed by atoms with Crippen LogP contribution in [0.1, 0.15) is 59.3 Å². The van der Waals surface area contributed by atoms with Gasteiger partial charge in [-0.2, -0.15) is 11.8 Å². The SMILES string of the molecule is CCCC1CCC(CNCC(C)C)C(CCSC)C1. The lowest BCUT2D eigenvalue weighted by molar-refractivity contribution is 0.164. The zero-order chi connectivity index (χ0) is 14.1. The van der Waals surface area contributed by atoms with Gasteiger partial charge in [0, 0.05) is 0 Å². The molecule has 1 N–H and O–H groups in total. The molecule has 1 rings (SSSR count). The second-order valence-corrected chi connectivity index (χ2v) is 7.81. The van der Waals surface area contributed by atoms with Crippen LogP contribution in [0.15, 0.2) is 0 Å². The second-order valence-electron chi connectivity index (χ2n) is 6.82. The Kier molecular flexibility index (Phi) is 9.23. The Morgan fingerprint density at radius 1 is 1.16 bits per heavy atom. The molecular formula is C17H35NS. The summed E-state index contributed by atoms with van der Waals surface area (Å²) >= 11 is 2.02. The second kappa shape index (κ2) is 10.1. The Labute approximate surface area is 125 Å². The molecule has 1 aliphatic carbocycles. The first kappa shape index (κ1) is 17.4.